The van der Waals surface area contributed by atoms with Crippen LogP contribution in [0.3, 0.4) is 0 Å². The number of rotatable bonds is 5. The molecule has 0 atom stereocenters. The van der Waals surface area contributed by atoms with Gasteiger partial charge in [-0.2, -0.15) is 0 Å². The topological polar surface area (TPSA) is 95.9 Å². The number of benzene rings is 1. The summed E-state index contributed by atoms with van der Waals surface area (Å²) < 4.78 is 5.27. The monoisotopic (exact) mass is 306 g/mol. The summed E-state index contributed by atoms with van der Waals surface area (Å²) in [5.41, 5.74) is 0.832. The Balaban J connectivity index is 2.23. The molecule has 7 nitrogen and oxygen atoms in total. The molecular formula is C15H18N2O5. The summed E-state index contributed by atoms with van der Waals surface area (Å²) in [6, 6.07) is 4.64. The van der Waals surface area contributed by atoms with Crippen molar-refractivity contribution in [3.8, 4) is 5.75 Å². The molecule has 0 aliphatic carbocycles. The molecule has 0 radical (unpaired) electrons. The van der Waals surface area contributed by atoms with Gasteiger partial charge in [0.15, 0.2) is 6.61 Å². The molecule has 0 bridgehead atoms. The van der Waals surface area contributed by atoms with Gasteiger partial charge >= 0.3 is 5.97 Å². The van der Waals surface area contributed by atoms with Crippen molar-refractivity contribution in [1.29, 1.82) is 0 Å². The van der Waals surface area contributed by atoms with E-state index in [1.54, 1.807) is 12.1 Å². The lowest BCUT2D eigenvalue weighted by Gasteiger charge is -2.24. The Kier molecular flexibility index (Phi) is 4.65. The van der Waals surface area contributed by atoms with E-state index < -0.39 is 5.97 Å². The molecule has 1 aliphatic heterocycles. The van der Waals surface area contributed by atoms with Crippen LogP contribution in [0.1, 0.15) is 24.2 Å². The zero-order valence-corrected chi connectivity index (χ0v) is 12.5. The van der Waals surface area contributed by atoms with Crippen molar-refractivity contribution in [1.82, 2.24) is 4.90 Å². The number of carbonyl (C=O) groups is 3. The predicted molar refractivity (Wildman–Crippen MR) is 78.9 cm³/mol. The van der Waals surface area contributed by atoms with Gasteiger partial charge in [0.1, 0.15) is 12.3 Å². The van der Waals surface area contributed by atoms with Crippen molar-refractivity contribution in [2.45, 2.75) is 13.8 Å². The number of nitrogens with zero attached hydrogens (tertiary/aromatic N) is 1. The molecule has 1 aromatic carbocycles. The highest BCUT2D eigenvalue weighted by molar-refractivity contribution is 5.99. The maximum atomic E-state index is 12.5. The molecule has 1 aliphatic rings. The number of aliphatic carboxylic acids is 1. The summed E-state index contributed by atoms with van der Waals surface area (Å²) in [7, 11) is 0. The fourth-order valence-corrected chi connectivity index (χ4v) is 2.21. The molecule has 22 heavy (non-hydrogen) atoms. The Hall–Kier alpha value is -2.57. The molecule has 0 saturated heterocycles. The zero-order valence-electron chi connectivity index (χ0n) is 12.5. The fourth-order valence-electron chi connectivity index (χ4n) is 2.21. The Morgan fingerprint density at radius 2 is 2.14 bits per heavy atom. The van der Waals surface area contributed by atoms with Gasteiger partial charge in [0.2, 0.25) is 0 Å². The average molecular weight is 306 g/mol. The number of hydrogen-bond donors (Lipinski definition) is 2. The minimum absolute atomic E-state index is 0.102. The van der Waals surface area contributed by atoms with Crippen LogP contribution in [0.15, 0.2) is 18.2 Å². The fraction of sp³-hybridized carbons (Fsp3) is 0.400. The number of carboxylic acid groups (broad SMARTS) is 1. The van der Waals surface area contributed by atoms with E-state index in [9.17, 15) is 14.4 Å². The van der Waals surface area contributed by atoms with Crippen molar-refractivity contribution >= 4 is 23.5 Å². The molecule has 118 valence electrons. The van der Waals surface area contributed by atoms with Crippen molar-refractivity contribution < 1.29 is 24.2 Å². The first-order valence-corrected chi connectivity index (χ1v) is 6.94. The normalized spacial score (nSPS) is 13.1. The summed E-state index contributed by atoms with van der Waals surface area (Å²) in [5, 5.41) is 11.6. The van der Waals surface area contributed by atoms with Crippen molar-refractivity contribution in [3.63, 3.8) is 0 Å². The van der Waals surface area contributed by atoms with Crippen LogP contribution in [0.25, 0.3) is 0 Å². The second kappa shape index (κ2) is 6.46. The van der Waals surface area contributed by atoms with E-state index in [1.807, 2.05) is 13.8 Å². The van der Waals surface area contributed by atoms with Gasteiger partial charge in [0, 0.05) is 12.1 Å². The van der Waals surface area contributed by atoms with Crippen LogP contribution >= 0.6 is 0 Å². The van der Waals surface area contributed by atoms with Crippen LogP contribution in [0, 0.1) is 5.92 Å². The van der Waals surface area contributed by atoms with Gasteiger partial charge < -0.3 is 20.1 Å². The average Bonchev–Trinajstić information content (AvgIpc) is 2.44. The molecule has 2 rings (SSSR count). The standard InChI is InChI=1S/C15H18N2O5/c1-9(2)6-17(7-14(19)20)15(21)10-3-4-11-12(5-10)22-8-13(18)16-11/h3-5,9H,6-8H2,1-2H3,(H,16,18)(H,19,20). The number of anilines is 1. The number of carbonyl (C=O) groups excluding carboxylic acids is 2. The molecule has 0 fully saturated rings. The highest BCUT2D eigenvalue weighted by Crippen LogP contribution is 2.29. The Morgan fingerprint density at radius 3 is 2.77 bits per heavy atom. The van der Waals surface area contributed by atoms with Crippen molar-refractivity contribution in [3.05, 3.63) is 23.8 Å². The van der Waals surface area contributed by atoms with Crippen molar-refractivity contribution in [2.75, 3.05) is 25.0 Å². The number of amides is 2. The Morgan fingerprint density at radius 1 is 1.41 bits per heavy atom. The minimum Gasteiger partial charge on any atom is -0.482 e. The van der Waals surface area contributed by atoms with Gasteiger partial charge in [-0.3, -0.25) is 14.4 Å². The van der Waals surface area contributed by atoms with Gasteiger partial charge in [0.25, 0.3) is 11.8 Å². The van der Waals surface area contributed by atoms with Gasteiger partial charge in [-0.1, -0.05) is 13.8 Å². The van der Waals surface area contributed by atoms with E-state index in [4.69, 9.17) is 9.84 Å². The molecule has 1 aromatic rings. The number of hydrogen-bond acceptors (Lipinski definition) is 4. The maximum Gasteiger partial charge on any atom is 0.323 e. The number of ether oxygens (including phenoxy) is 1. The van der Waals surface area contributed by atoms with E-state index in [0.29, 0.717) is 23.5 Å². The van der Waals surface area contributed by atoms with E-state index in [2.05, 4.69) is 5.32 Å². The Labute approximate surface area is 127 Å². The number of carboxylic acids is 1. The maximum absolute atomic E-state index is 12.5. The van der Waals surface area contributed by atoms with Crippen LogP contribution in [-0.4, -0.2) is 47.5 Å². The van der Waals surface area contributed by atoms with Gasteiger partial charge in [-0.15, -0.1) is 0 Å². The summed E-state index contributed by atoms with van der Waals surface area (Å²) in [5.74, 6) is -1.13. The number of fused-ring (bicyclic) bond motifs is 1. The second-order valence-electron chi connectivity index (χ2n) is 5.52. The summed E-state index contributed by atoms with van der Waals surface area (Å²) in [6.45, 7) is 3.71. The Bertz CT molecular complexity index is 612. The third kappa shape index (κ3) is 3.75. The zero-order chi connectivity index (χ0) is 16.3. The molecule has 0 spiro atoms. The molecule has 2 amide bonds. The van der Waals surface area contributed by atoms with Crippen LogP contribution < -0.4 is 10.1 Å². The second-order valence-corrected chi connectivity index (χ2v) is 5.52. The van der Waals surface area contributed by atoms with E-state index in [1.165, 1.54) is 11.0 Å². The molecule has 0 saturated carbocycles. The third-order valence-corrected chi connectivity index (χ3v) is 3.06. The van der Waals surface area contributed by atoms with Crippen molar-refractivity contribution in [2.24, 2.45) is 5.92 Å². The molecule has 2 N–H and O–H groups in total. The molecule has 0 unspecified atom stereocenters. The first kappa shape index (κ1) is 15.8. The van der Waals surface area contributed by atoms with Gasteiger partial charge in [-0.05, 0) is 24.1 Å². The van der Waals surface area contributed by atoms with E-state index in [0.717, 1.165) is 0 Å². The van der Waals surface area contributed by atoms with Gasteiger partial charge in [-0.25, -0.2) is 0 Å². The highest BCUT2D eigenvalue weighted by atomic mass is 16.5. The summed E-state index contributed by atoms with van der Waals surface area (Å²) in [4.78, 5) is 35.9. The smallest absolute Gasteiger partial charge is 0.323 e. The third-order valence-electron chi connectivity index (χ3n) is 3.06. The lowest BCUT2D eigenvalue weighted by Crippen LogP contribution is -2.38. The van der Waals surface area contributed by atoms with E-state index >= 15 is 0 Å². The molecular weight excluding hydrogens is 288 g/mol. The first-order valence-electron chi connectivity index (χ1n) is 6.94. The van der Waals surface area contributed by atoms with Gasteiger partial charge in [0.05, 0.1) is 5.69 Å². The molecule has 7 heteroatoms. The first-order chi connectivity index (χ1) is 10.4. The lowest BCUT2D eigenvalue weighted by molar-refractivity contribution is -0.137. The molecule has 1 heterocycles. The number of nitrogens with one attached hydrogen (secondary N) is 1. The van der Waals surface area contributed by atoms with Crippen LogP contribution in [0.2, 0.25) is 0 Å². The largest absolute Gasteiger partial charge is 0.482 e. The summed E-state index contributed by atoms with van der Waals surface area (Å²) in [6.07, 6.45) is 0. The van der Waals surface area contributed by atoms with Crippen LogP contribution in [0.5, 0.6) is 5.75 Å². The highest BCUT2D eigenvalue weighted by Gasteiger charge is 2.22. The SMILES string of the molecule is CC(C)CN(CC(=O)O)C(=O)c1ccc2c(c1)OCC(=O)N2. The van der Waals surface area contributed by atoms with E-state index in [-0.39, 0.29) is 30.9 Å². The van der Waals surface area contributed by atoms with Crippen LogP contribution in [0.4, 0.5) is 5.69 Å². The van der Waals surface area contributed by atoms with Crippen LogP contribution in [-0.2, 0) is 9.59 Å². The minimum atomic E-state index is -1.06. The molecule has 0 aromatic heterocycles. The predicted octanol–water partition coefficient (Wildman–Crippen LogP) is 1.20. The lowest BCUT2D eigenvalue weighted by atomic mass is 10.1. The quantitative estimate of drug-likeness (QED) is 0.852. The summed E-state index contributed by atoms with van der Waals surface area (Å²) >= 11 is 0.